The molecule has 0 aliphatic heterocycles. The first-order chi connectivity index (χ1) is 22.3. The number of rotatable bonds is 13. The molecule has 2 atom stereocenters. The van der Waals surface area contributed by atoms with Crippen LogP contribution in [0.15, 0.2) is 77.9 Å². The van der Waals surface area contributed by atoms with E-state index in [0.29, 0.717) is 11.1 Å². The summed E-state index contributed by atoms with van der Waals surface area (Å²) < 4.78 is 77.8. The number of aryl methyl sites for hydroxylation is 1. The molecular formula is C30H27F5N6O6. The molecule has 0 spiro atoms. The van der Waals surface area contributed by atoms with Gasteiger partial charge in [-0.15, -0.1) is 18.3 Å². The average Bonchev–Trinajstić information content (AvgIpc) is 3.48. The van der Waals surface area contributed by atoms with Gasteiger partial charge in [0.15, 0.2) is 5.69 Å². The van der Waals surface area contributed by atoms with E-state index in [9.17, 15) is 41.1 Å². The van der Waals surface area contributed by atoms with Gasteiger partial charge in [0.2, 0.25) is 11.9 Å². The summed E-state index contributed by atoms with van der Waals surface area (Å²) in [6, 6.07) is 14.1. The molecule has 2 aromatic heterocycles. The first kappa shape index (κ1) is 34.3. The van der Waals surface area contributed by atoms with Crippen molar-refractivity contribution in [3.63, 3.8) is 0 Å². The van der Waals surface area contributed by atoms with E-state index in [-0.39, 0.29) is 31.7 Å². The summed E-state index contributed by atoms with van der Waals surface area (Å²) in [7, 11) is 0. The molecule has 2 amide bonds. The van der Waals surface area contributed by atoms with Crippen molar-refractivity contribution in [3.8, 4) is 5.75 Å². The number of benzene rings is 2. The zero-order chi connectivity index (χ0) is 34.1. The summed E-state index contributed by atoms with van der Waals surface area (Å²) in [6.07, 6.45) is -5.80. The van der Waals surface area contributed by atoms with Crippen LogP contribution in [0.3, 0.4) is 0 Å². The average molecular weight is 663 g/mol. The van der Waals surface area contributed by atoms with Crippen LogP contribution < -0.4 is 20.9 Å². The lowest BCUT2D eigenvalue weighted by Crippen LogP contribution is -2.29. The van der Waals surface area contributed by atoms with Crippen molar-refractivity contribution in [2.24, 2.45) is 0 Å². The van der Waals surface area contributed by atoms with Crippen LogP contribution in [0, 0.1) is 5.82 Å². The Hall–Kier alpha value is -5.61. The largest absolute Gasteiger partial charge is 0.573 e. The highest BCUT2D eigenvalue weighted by atomic mass is 19.4. The van der Waals surface area contributed by atoms with Gasteiger partial charge < -0.3 is 24.7 Å². The van der Waals surface area contributed by atoms with Crippen molar-refractivity contribution in [3.05, 3.63) is 106 Å². The first-order valence-corrected chi connectivity index (χ1v) is 13.9. The summed E-state index contributed by atoms with van der Waals surface area (Å²) in [4.78, 5) is 49.3. The summed E-state index contributed by atoms with van der Waals surface area (Å²) in [5.74, 6) is -4.12. The quantitative estimate of drug-likeness (QED) is 0.161. The number of amides is 2. The molecule has 17 heteroatoms. The SMILES string of the molecule is CC(=O)OC(C(=O)Nc1ccn(CC[C@@H](F)Cn2cc(C(=O)NCc3cccc(OC(F)(F)F)c3)nn2)c(=O)c1F)c1ccccc1. The Kier molecular flexibility index (Phi) is 11.0. The highest BCUT2D eigenvalue weighted by Gasteiger charge is 2.31. The fourth-order valence-electron chi connectivity index (χ4n) is 4.27. The van der Waals surface area contributed by atoms with Crippen LogP contribution in [-0.4, -0.2) is 49.9 Å². The Balaban J connectivity index is 1.29. The van der Waals surface area contributed by atoms with Gasteiger partial charge in [-0.2, -0.15) is 4.39 Å². The molecule has 2 N–H and O–H groups in total. The second kappa shape index (κ2) is 15.1. The van der Waals surface area contributed by atoms with E-state index >= 15 is 0 Å². The van der Waals surface area contributed by atoms with Gasteiger partial charge in [-0.25, -0.2) is 9.07 Å². The summed E-state index contributed by atoms with van der Waals surface area (Å²) >= 11 is 0. The number of hydrogen-bond acceptors (Lipinski definition) is 8. The Morgan fingerprint density at radius 1 is 1.04 bits per heavy atom. The molecule has 12 nitrogen and oxygen atoms in total. The summed E-state index contributed by atoms with van der Waals surface area (Å²) in [5.41, 5.74) is -1.13. The molecule has 0 aliphatic rings. The number of pyridine rings is 1. The van der Waals surface area contributed by atoms with Gasteiger partial charge in [-0.05, 0) is 30.2 Å². The van der Waals surface area contributed by atoms with Crippen molar-refractivity contribution in [1.29, 1.82) is 0 Å². The van der Waals surface area contributed by atoms with E-state index in [2.05, 4.69) is 25.7 Å². The number of anilines is 1. The lowest BCUT2D eigenvalue weighted by Gasteiger charge is -2.17. The smallest absolute Gasteiger partial charge is 0.447 e. The minimum absolute atomic E-state index is 0.153. The van der Waals surface area contributed by atoms with Crippen molar-refractivity contribution in [2.75, 3.05) is 5.32 Å². The number of nitrogens with one attached hydrogen (secondary N) is 2. The molecule has 0 saturated heterocycles. The number of alkyl halides is 4. The summed E-state index contributed by atoms with van der Waals surface area (Å²) in [5, 5.41) is 12.1. The fourth-order valence-corrected chi connectivity index (χ4v) is 4.27. The molecule has 4 aromatic rings. The van der Waals surface area contributed by atoms with E-state index in [1.807, 2.05) is 0 Å². The molecule has 0 radical (unpaired) electrons. The first-order valence-electron chi connectivity index (χ1n) is 13.9. The Labute approximate surface area is 263 Å². The van der Waals surface area contributed by atoms with Gasteiger partial charge in [0.1, 0.15) is 11.9 Å². The van der Waals surface area contributed by atoms with E-state index in [0.717, 1.165) is 40.6 Å². The molecule has 0 fully saturated rings. The van der Waals surface area contributed by atoms with Crippen molar-refractivity contribution < 1.29 is 45.8 Å². The number of hydrogen-bond donors (Lipinski definition) is 2. The molecule has 2 heterocycles. The van der Waals surface area contributed by atoms with E-state index in [4.69, 9.17) is 4.74 Å². The molecule has 47 heavy (non-hydrogen) atoms. The maximum atomic E-state index is 14.9. The van der Waals surface area contributed by atoms with Crippen LogP contribution in [0.2, 0.25) is 0 Å². The van der Waals surface area contributed by atoms with E-state index < -0.39 is 59.2 Å². The molecule has 4 rings (SSSR count). The fraction of sp³-hybridized carbons (Fsp3) is 0.267. The molecule has 0 aliphatic carbocycles. The van der Waals surface area contributed by atoms with Gasteiger partial charge in [-0.1, -0.05) is 47.7 Å². The highest BCUT2D eigenvalue weighted by Crippen LogP contribution is 2.24. The second-order valence-electron chi connectivity index (χ2n) is 10.0. The third-order valence-corrected chi connectivity index (χ3v) is 6.41. The van der Waals surface area contributed by atoms with Crippen molar-refractivity contribution >= 4 is 23.5 Å². The standard InChI is InChI=1S/C30H27F5N6O6/c1-18(42)46-26(20-7-3-2-4-8-20)28(44)37-23-11-13-40(29(45)25(23)32)12-10-21(31)16-41-17-24(38-39-41)27(43)36-15-19-6-5-9-22(14-19)47-30(33,34)35/h2-9,11,13-14,17,21,26H,10,12,15-16H2,1H3,(H,36,43)(H,37,44)/t21-,26?/m1/s1. The Morgan fingerprint density at radius 2 is 1.79 bits per heavy atom. The van der Waals surface area contributed by atoms with Gasteiger partial charge in [0.05, 0.1) is 18.4 Å². The predicted octanol–water partition coefficient (Wildman–Crippen LogP) is 4.08. The van der Waals surface area contributed by atoms with Gasteiger partial charge >= 0.3 is 12.3 Å². The lowest BCUT2D eigenvalue weighted by molar-refractivity contribution is -0.274. The Bertz CT molecular complexity index is 1780. The van der Waals surface area contributed by atoms with Crippen LogP contribution in [0.4, 0.5) is 27.6 Å². The van der Waals surface area contributed by atoms with Crippen LogP contribution >= 0.6 is 0 Å². The Morgan fingerprint density at radius 3 is 2.49 bits per heavy atom. The van der Waals surface area contributed by atoms with Gasteiger partial charge in [-0.3, -0.25) is 19.2 Å². The molecule has 0 saturated carbocycles. The van der Waals surface area contributed by atoms with Crippen molar-refractivity contribution in [1.82, 2.24) is 24.9 Å². The molecule has 2 aromatic carbocycles. The van der Waals surface area contributed by atoms with Gasteiger partial charge in [0.25, 0.3) is 17.4 Å². The molecule has 1 unspecified atom stereocenters. The number of carbonyl (C=O) groups excluding carboxylic acids is 3. The zero-order valence-electron chi connectivity index (χ0n) is 24.5. The van der Waals surface area contributed by atoms with Crippen LogP contribution in [0.5, 0.6) is 5.75 Å². The number of esters is 1. The minimum atomic E-state index is -4.87. The predicted molar refractivity (Wildman–Crippen MR) is 154 cm³/mol. The van der Waals surface area contributed by atoms with Crippen molar-refractivity contribution in [2.45, 2.75) is 51.6 Å². The number of aromatic nitrogens is 4. The lowest BCUT2D eigenvalue weighted by atomic mass is 10.1. The third-order valence-electron chi connectivity index (χ3n) is 6.41. The second-order valence-corrected chi connectivity index (χ2v) is 10.0. The molecular weight excluding hydrogens is 635 g/mol. The third kappa shape index (κ3) is 9.94. The number of halogens is 5. The van der Waals surface area contributed by atoms with E-state index in [1.165, 1.54) is 30.5 Å². The maximum absolute atomic E-state index is 14.9. The highest BCUT2D eigenvalue weighted by molar-refractivity contribution is 5.96. The monoisotopic (exact) mass is 662 g/mol. The van der Waals surface area contributed by atoms with Gasteiger partial charge in [0, 0.05) is 31.8 Å². The molecule has 248 valence electrons. The van der Waals surface area contributed by atoms with E-state index in [1.54, 1.807) is 18.2 Å². The number of carbonyl (C=O) groups is 3. The normalized spacial score (nSPS) is 12.6. The number of nitrogens with zero attached hydrogens (tertiary/aromatic N) is 4. The summed E-state index contributed by atoms with van der Waals surface area (Å²) in [6.45, 7) is 0.346. The number of ether oxygens (including phenoxy) is 2. The van der Waals surface area contributed by atoms with Crippen LogP contribution in [-0.2, 0) is 34.0 Å². The zero-order valence-corrected chi connectivity index (χ0v) is 24.5. The van der Waals surface area contributed by atoms with Crippen LogP contribution in [0.25, 0.3) is 0 Å². The minimum Gasteiger partial charge on any atom is -0.447 e. The maximum Gasteiger partial charge on any atom is 0.573 e. The molecule has 0 bridgehead atoms. The van der Waals surface area contributed by atoms with Crippen LogP contribution in [0.1, 0.15) is 41.1 Å². The topological polar surface area (TPSA) is 146 Å².